The molecule has 0 saturated carbocycles. The van der Waals surface area contributed by atoms with Crippen LogP contribution in [0.3, 0.4) is 0 Å². The summed E-state index contributed by atoms with van der Waals surface area (Å²) in [6, 6.07) is 15.9. The second-order valence-corrected chi connectivity index (χ2v) is 4.54. The van der Waals surface area contributed by atoms with Crippen LogP contribution in [0.15, 0.2) is 48.5 Å². The van der Waals surface area contributed by atoms with Gasteiger partial charge in [-0.25, -0.2) is 0 Å². The Labute approximate surface area is 110 Å². The molecular weight excluding hydrogens is 246 g/mol. The van der Waals surface area contributed by atoms with E-state index >= 15 is 0 Å². The Morgan fingerprint density at radius 3 is 2.78 bits per heavy atom. The van der Waals surface area contributed by atoms with Gasteiger partial charge in [-0.2, -0.15) is 5.10 Å². The van der Waals surface area contributed by atoms with E-state index in [1.165, 1.54) is 5.56 Å². The number of benzene rings is 2. The highest BCUT2D eigenvalue weighted by atomic mass is 35.5. The van der Waals surface area contributed by atoms with Crippen molar-refractivity contribution in [3.05, 3.63) is 59.1 Å². The number of fused-ring (bicyclic) bond motifs is 1. The zero-order chi connectivity index (χ0) is 12.4. The van der Waals surface area contributed by atoms with Crippen LogP contribution in [0, 0.1) is 0 Å². The molecule has 0 aliphatic rings. The van der Waals surface area contributed by atoms with Crippen LogP contribution in [-0.4, -0.2) is 10.2 Å². The lowest BCUT2D eigenvalue weighted by Gasteiger charge is -2.03. The van der Waals surface area contributed by atoms with E-state index in [1.807, 2.05) is 36.4 Å². The number of nitrogens with zero attached hydrogens (tertiary/aromatic N) is 1. The molecule has 2 aromatic carbocycles. The van der Waals surface area contributed by atoms with Gasteiger partial charge in [0.2, 0.25) is 0 Å². The highest BCUT2D eigenvalue weighted by Gasteiger charge is 2.05. The number of halogens is 1. The molecule has 0 aliphatic heterocycles. The van der Waals surface area contributed by atoms with Gasteiger partial charge in [0.15, 0.2) is 5.82 Å². The minimum absolute atomic E-state index is 0.715. The molecule has 18 heavy (non-hydrogen) atoms. The topological polar surface area (TPSA) is 40.7 Å². The zero-order valence-electron chi connectivity index (χ0n) is 9.65. The smallest absolute Gasteiger partial charge is 0.156 e. The van der Waals surface area contributed by atoms with Gasteiger partial charge < -0.3 is 5.32 Å². The summed E-state index contributed by atoms with van der Waals surface area (Å²) in [5.74, 6) is 0.830. The van der Waals surface area contributed by atoms with Crippen molar-refractivity contribution in [1.29, 1.82) is 0 Å². The Morgan fingerprint density at radius 1 is 1.11 bits per heavy atom. The molecule has 1 aromatic heterocycles. The summed E-state index contributed by atoms with van der Waals surface area (Å²) in [5, 5.41) is 12.3. The third kappa shape index (κ3) is 2.17. The summed E-state index contributed by atoms with van der Waals surface area (Å²) in [5.41, 5.74) is 2.20. The Bertz CT molecular complexity index is 661. The highest BCUT2D eigenvalue weighted by Crippen LogP contribution is 2.24. The standard InChI is InChI=1S/C14H12ClN3/c15-11-6-7-13-12(8-11)14(18-17-13)16-9-10-4-2-1-3-5-10/h1-8H,9H2,(H2,16,17,18). The fraction of sp³-hybridized carbons (Fsp3) is 0.0714. The summed E-state index contributed by atoms with van der Waals surface area (Å²) >= 11 is 6.00. The maximum Gasteiger partial charge on any atom is 0.156 e. The third-order valence-electron chi connectivity index (χ3n) is 2.83. The van der Waals surface area contributed by atoms with Gasteiger partial charge in [0, 0.05) is 17.0 Å². The lowest BCUT2D eigenvalue weighted by Crippen LogP contribution is -1.99. The molecule has 3 rings (SSSR count). The van der Waals surface area contributed by atoms with Gasteiger partial charge in [0.05, 0.1) is 5.52 Å². The van der Waals surface area contributed by atoms with Crippen LogP contribution in [0.25, 0.3) is 10.9 Å². The Balaban J connectivity index is 1.85. The molecule has 0 atom stereocenters. The zero-order valence-corrected chi connectivity index (χ0v) is 10.4. The minimum atomic E-state index is 0.715. The first-order valence-corrected chi connectivity index (χ1v) is 6.12. The van der Waals surface area contributed by atoms with Crippen LogP contribution < -0.4 is 5.32 Å². The van der Waals surface area contributed by atoms with Gasteiger partial charge in [-0.3, -0.25) is 5.10 Å². The first-order valence-electron chi connectivity index (χ1n) is 5.74. The molecule has 3 aromatic rings. The first-order chi connectivity index (χ1) is 8.83. The van der Waals surface area contributed by atoms with E-state index in [4.69, 9.17) is 11.6 Å². The Morgan fingerprint density at radius 2 is 1.94 bits per heavy atom. The lowest BCUT2D eigenvalue weighted by atomic mass is 10.2. The average Bonchev–Trinajstić information content (AvgIpc) is 2.80. The van der Waals surface area contributed by atoms with E-state index in [9.17, 15) is 0 Å². The van der Waals surface area contributed by atoms with Crippen LogP contribution >= 0.6 is 11.6 Å². The molecule has 1 heterocycles. The van der Waals surface area contributed by atoms with Crippen molar-refractivity contribution in [3.63, 3.8) is 0 Å². The minimum Gasteiger partial charge on any atom is -0.364 e. The monoisotopic (exact) mass is 257 g/mol. The SMILES string of the molecule is Clc1ccc2[nH]nc(NCc3ccccc3)c2c1. The van der Waals surface area contributed by atoms with Gasteiger partial charge in [0.1, 0.15) is 0 Å². The van der Waals surface area contributed by atoms with E-state index in [1.54, 1.807) is 0 Å². The van der Waals surface area contributed by atoms with Crippen molar-refractivity contribution < 1.29 is 0 Å². The second kappa shape index (κ2) is 4.70. The second-order valence-electron chi connectivity index (χ2n) is 4.10. The number of anilines is 1. The summed E-state index contributed by atoms with van der Waals surface area (Å²) in [6.07, 6.45) is 0. The van der Waals surface area contributed by atoms with E-state index in [2.05, 4.69) is 27.6 Å². The summed E-state index contributed by atoms with van der Waals surface area (Å²) in [4.78, 5) is 0. The number of rotatable bonds is 3. The van der Waals surface area contributed by atoms with Crippen LogP contribution in [0.1, 0.15) is 5.56 Å². The predicted molar refractivity (Wildman–Crippen MR) is 74.9 cm³/mol. The predicted octanol–water partition coefficient (Wildman–Crippen LogP) is 3.83. The van der Waals surface area contributed by atoms with Gasteiger partial charge in [-0.15, -0.1) is 0 Å². The van der Waals surface area contributed by atoms with Crippen LogP contribution in [-0.2, 0) is 6.54 Å². The molecule has 0 saturated heterocycles. The Hall–Kier alpha value is -2.00. The molecular formula is C14H12ClN3. The fourth-order valence-corrected chi connectivity index (χ4v) is 2.07. The van der Waals surface area contributed by atoms with Crippen molar-refractivity contribution in [2.45, 2.75) is 6.54 Å². The van der Waals surface area contributed by atoms with Gasteiger partial charge in [-0.05, 0) is 23.8 Å². The van der Waals surface area contributed by atoms with E-state index < -0.39 is 0 Å². The number of aromatic amines is 1. The summed E-state index contributed by atoms with van der Waals surface area (Å²) in [7, 11) is 0. The molecule has 0 radical (unpaired) electrons. The maximum absolute atomic E-state index is 6.00. The Kier molecular flexibility index (Phi) is 2.90. The number of aromatic nitrogens is 2. The van der Waals surface area contributed by atoms with E-state index in [0.29, 0.717) is 5.02 Å². The molecule has 2 N–H and O–H groups in total. The van der Waals surface area contributed by atoms with Crippen LogP contribution in [0.5, 0.6) is 0 Å². The summed E-state index contributed by atoms with van der Waals surface area (Å²) in [6.45, 7) is 0.743. The number of hydrogen-bond donors (Lipinski definition) is 2. The fourth-order valence-electron chi connectivity index (χ4n) is 1.90. The molecule has 0 fully saturated rings. The van der Waals surface area contributed by atoms with Gasteiger partial charge in [0.25, 0.3) is 0 Å². The highest BCUT2D eigenvalue weighted by molar-refractivity contribution is 6.31. The van der Waals surface area contributed by atoms with Crippen molar-refractivity contribution in [3.8, 4) is 0 Å². The molecule has 0 unspecified atom stereocenters. The maximum atomic E-state index is 6.00. The van der Waals surface area contributed by atoms with Crippen LogP contribution in [0.4, 0.5) is 5.82 Å². The third-order valence-corrected chi connectivity index (χ3v) is 3.06. The quantitative estimate of drug-likeness (QED) is 0.749. The lowest BCUT2D eigenvalue weighted by molar-refractivity contribution is 1.06. The molecule has 0 spiro atoms. The van der Waals surface area contributed by atoms with Gasteiger partial charge in [-0.1, -0.05) is 41.9 Å². The first kappa shape index (κ1) is 11.1. The summed E-state index contributed by atoms with van der Waals surface area (Å²) < 4.78 is 0. The molecule has 3 nitrogen and oxygen atoms in total. The van der Waals surface area contributed by atoms with Crippen molar-refractivity contribution in [2.75, 3.05) is 5.32 Å². The molecule has 0 aliphatic carbocycles. The molecule has 0 amide bonds. The van der Waals surface area contributed by atoms with Crippen LogP contribution in [0.2, 0.25) is 5.02 Å². The number of H-pyrrole nitrogens is 1. The molecule has 4 heteroatoms. The van der Waals surface area contributed by atoms with Crippen molar-refractivity contribution >= 4 is 28.3 Å². The number of hydrogen-bond acceptors (Lipinski definition) is 2. The van der Waals surface area contributed by atoms with Gasteiger partial charge >= 0.3 is 0 Å². The van der Waals surface area contributed by atoms with Crippen molar-refractivity contribution in [1.82, 2.24) is 10.2 Å². The number of nitrogens with one attached hydrogen (secondary N) is 2. The van der Waals surface area contributed by atoms with E-state index in [0.717, 1.165) is 23.3 Å². The average molecular weight is 258 g/mol. The van der Waals surface area contributed by atoms with E-state index in [-0.39, 0.29) is 0 Å². The van der Waals surface area contributed by atoms with Crippen molar-refractivity contribution in [2.24, 2.45) is 0 Å². The molecule has 90 valence electrons. The normalized spacial score (nSPS) is 10.7. The molecule has 0 bridgehead atoms. The largest absolute Gasteiger partial charge is 0.364 e.